The molecule has 7 rings (SSSR count). The van der Waals surface area contributed by atoms with Crippen molar-refractivity contribution in [2.75, 3.05) is 11.4 Å². The lowest BCUT2D eigenvalue weighted by molar-refractivity contribution is -0.384. The Kier molecular flexibility index (Phi) is 7.18. The maximum absolute atomic E-state index is 14.0. The Morgan fingerprint density at radius 1 is 0.935 bits per heavy atom. The second-order valence-corrected chi connectivity index (χ2v) is 11.4. The highest BCUT2D eigenvalue weighted by Gasteiger charge is 2.55. The SMILES string of the molecule is O=C1[C@@H]2[C@@H](N=NN2CC(=O)N2N=C3/C(=C\c4ccc(F)cc4)CCC[C@@H]3[C@H]2c2ccc(F)cc2)C(=O)N1c1ccc([N+](=O)[O-])cc1. The summed E-state index contributed by atoms with van der Waals surface area (Å²) >= 11 is 0. The minimum atomic E-state index is -1.18. The molecule has 0 spiro atoms. The van der Waals surface area contributed by atoms with Crippen LogP contribution in [0.2, 0.25) is 0 Å². The van der Waals surface area contributed by atoms with E-state index in [0.29, 0.717) is 17.7 Å². The second kappa shape index (κ2) is 11.4. The van der Waals surface area contributed by atoms with Gasteiger partial charge in [0.05, 0.1) is 22.4 Å². The maximum atomic E-state index is 14.0. The summed E-state index contributed by atoms with van der Waals surface area (Å²) in [7, 11) is 0. The Hall–Kier alpha value is -5.66. The summed E-state index contributed by atoms with van der Waals surface area (Å²) in [5.74, 6) is -2.81. The maximum Gasteiger partial charge on any atom is 0.269 e. The van der Waals surface area contributed by atoms with E-state index in [4.69, 9.17) is 5.10 Å². The molecule has 2 fully saturated rings. The molecule has 3 aliphatic heterocycles. The summed E-state index contributed by atoms with van der Waals surface area (Å²) in [4.78, 5) is 52.0. The molecule has 0 bridgehead atoms. The molecule has 1 saturated carbocycles. The molecule has 1 saturated heterocycles. The van der Waals surface area contributed by atoms with E-state index in [2.05, 4.69) is 10.3 Å². The van der Waals surface area contributed by atoms with Gasteiger partial charge < -0.3 is 0 Å². The number of allylic oxidation sites excluding steroid dienone is 1. The van der Waals surface area contributed by atoms with Crippen molar-refractivity contribution in [2.45, 2.75) is 37.4 Å². The van der Waals surface area contributed by atoms with Gasteiger partial charge in [-0.1, -0.05) is 29.5 Å². The Morgan fingerprint density at radius 2 is 1.61 bits per heavy atom. The van der Waals surface area contributed by atoms with Gasteiger partial charge in [-0.25, -0.2) is 18.7 Å². The van der Waals surface area contributed by atoms with Gasteiger partial charge in [-0.2, -0.15) is 10.2 Å². The normalized spacial score (nSPS) is 24.4. The number of hydrazone groups is 1. The number of anilines is 1. The molecule has 0 aromatic heterocycles. The first-order valence-electron chi connectivity index (χ1n) is 14.6. The molecule has 46 heavy (non-hydrogen) atoms. The minimum absolute atomic E-state index is 0.142. The number of hydrogen-bond acceptors (Lipinski definition) is 9. The Balaban J connectivity index is 1.17. The third kappa shape index (κ3) is 5.01. The van der Waals surface area contributed by atoms with Crippen molar-refractivity contribution in [1.29, 1.82) is 0 Å². The highest BCUT2D eigenvalue weighted by molar-refractivity contribution is 6.25. The van der Waals surface area contributed by atoms with Crippen molar-refractivity contribution in [1.82, 2.24) is 10.0 Å². The lowest BCUT2D eigenvalue weighted by Crippen LogP contribution is -2.45. The molecule has 4 aliphatic rings. The number of amides is 3. The zero-order valence-corrected chi connectivity index (χ0v) is 24.1. The summed E-state index contributed by atoms with van der Waals surface area (Å²) in [6.07, 6.45) is 4.16. The molecule has 1 aliphatic carbocycles. The zero-order chi connectivity index (χ0) is 32.1. The first-order valence-corrected chi connectivity index (χ1v) is 14.6. The van der Waals surface area contributed by atoms with E-state index in [0.717, 1.165) is 33.9 Å². The highest BCUT2D eigenvalue weighted by atomic mass is 19.1. The highest BCUT2D eigenvalue weighted by Crippen LogP contribution is 2.45. The second-order valence-electron chi connectivity index (χ2n) is 11.4. The number of halogens is 2. The summed E-state index contributed by atoms with van der Waals surface area (Å²) in [6, 6.07) is 14.0. The van der Waals surface area contributed by atoms with Crippen LogP contribution in [-0.2, 0) is 14.4 Å². The Bertz CT molecular complexity index is 1840. The van der Waals surface area contributed by atoms with E-state index < -0.39 is 53.1 Å². The largest absolute Gasteiger partial charge is 0.271 e. The van der Waals surface area contributed by atoms with E-state index in [-0.39, 0.29) is 23.1 Å². The van der Waals surface area contributed by atoms with Crippen LogP contribution < -0.4 is 4.90 Å². The lowest BCUT2D eigenvalue weighted by Gasteiger charge is -2.30. The van der Waals surface area contributed by atoms with Gasteiger partial charge in [-0.05, 0) is 78.4 Å². The number of imide groups is 1. The average Bonchev–Trinajstić information content (AvgIpc) is 3.72. The molecule has 0 unspecified atom stereocenters. The number of non-ortho nitro benzene ring substituents is 1. The minimum Gasteiger partial charge on any atom is -0.271 e. The molecule has 3 heterocycles. The summed E-state index contributed by atoms with van der Waals surface area (Å²) in [6.45, 7) is -0.421. The fourth-order valence-electron chi connectivity index (χ4n) is 6.50. The van der Waals surface area contributed by atoms with Crippen LogP contribution in [-0.4, -0.2) is 57.0 Å². The molecule has 12 nitrogen and oxygen atoms in total. The number of hydrogen-bond donors (Lipinski definition) is 0. The number of benzene rings is 3. The summed E-state index contributed by atoms with van der Waals surface area (Å²) in [5.41, 5.74) is 3.02. The average molecular weight is 626 g/mol. The molecule has 0 N–H and O–H groups in total. The molecule has 3 aromatic rings. The van der Waals surface area contributed by atoms with Crippen LogP contribution in [0.3, 0.4) is 0 Å². The topological polar surface area (TPSA) is 141 Å². The van der Waals surface area contributed by atoms with Gasteiger partial charge in [-0.3, -0.25) is 29.5 Å². The first kappa shape index (κ1) is 29.1. The monoisotopic (exact) mass is 625 g/mol. The number of rotatable bonds is 6. The van der Waals surface area contributed by atoms with Crippen LogP contribution in [0.5, 0.6) is 0 Å². The van der Waals surface area contributed by atoms with Gasteiger partial charge in [-0.15, -0.1) is 0 Å². The Morgan fingerprint density at radius 3 is 2.28 bits per heavy atom. The van der Waals surface area contributed by atoms with Crippen LogP contribution in [0.25, 0.3) is 6.08 Å². The molecule has 3 amide bonds. The third-order valence-electron chi connectivity index (χ3n) is 8.65. The van der Waals surface area contributed by atoms with E-state index in [9.17, 15) is 33.3 Å². The van der Waals surface area contributed by atoms with E-state index in [1.54, 1.807) is 24.3 Å². The van der Waals surface area contributed by atoms with Crippen LogP contribution in [0.1, 0.15) is 36.4 Å². The number of nitro groups is 1. The van der Waals surface area contributed by atoms with Crippen molar-refractivity contribution in [2.24, 2.45) is 21.4 Å². The third-order valence-corrected chi connectivity index (χ3v) is 8.65. The van der Waals surface area contributed by atoms with Crippen molar-refractivity contribution >= 4 is 40.9 Å². The fraction of sp³-hybridized carbons (Fsp3) is 0.250. The zero-order valence-electron chi connectivity index (χ0n) is 24.1. The molecule has 232 valence electrons. The van der Waals surface area contributed by atoms with Crippen molar-refractivity contribution in [3.05, 3.63) is 111 Å². The smallest absolute Gasteiger partial charge is 0.269 e. The predicted molar refractivity (Wildman–Crippen MR) is 160 cm³/mol. The van der Waals surface area contributed by atoms with Crippen LogP contribution in [0.15, 0.2) is 93.8 Å². The quantitative estimate of drug-likeness (QED) is 0.215. The predicted octanol–water partition coefficient (Wildman–Crippen LogP) is 4.99. The van der Waals surface area contributed by atoms with E-state index >= 15 is 0 Å². The van der Waals surface area contributed by atoms with Crippen LogP contribution in [0.4, 0.5) is 20.2 Å². The van der Waals surface area contributed by atoms with Gasteiger partial charge in [0.1, 0.15) is 18.2 Å². The van der Waals surface area contributed by atoms with Crippen molar-refractivity contribution < 1.29 is 28.1 Å². The summed E-state index contributed by atoms with van der Waals surface area (Å²) < 4.78 is 27.4. The first-order chi connectivity index (χ1) is 22.2. The number of nitrogens with zero attached hydrogens (tertiary/aromatic N) is 7. The van der Waals surface area contributed by atoms with E-state index in [1.807, 2.05) is 6.08 Å². The van der Waals surface area contributed by atoms with Crippen molar-refractivity contribution in [3.8, 4) is 0 Å². The molecular weight excluding hydrogens is 600 g/mol. The van der Waals surface area contributed by atoms with Crippen LogP contribution in [0, 0.1) is 27.7 Å². The molecule has 14 heteroatoms. The van der Waals surface area contributed by atoms with Gasteiger partial charge in [0.25, 0.3) is 23.4 Å². The van der Waals surface area contributed by atoms with Gasteiger partial charge in [0.15, 0.2) is 12.1 Å². The number of carbonyl (C=O) groups is 3. The van der Waals surface area contributed by atoms with Gasteiger partial charge in [0, 0.05) is 18.1 Å². The number of nitro benzene ring substituents is 1. The molecular formula is C32H25F2N7O5. The standard InChI is InChI=1S/C32H25F2N7O5/c33-21-8-4-18(5-9-21)16-20-2-1-3-25-27(20)36-40(29(25)19-6-10-22(34)11-7-19)26(42)17-38-30-28(35-37-38)31(43)39(32(30)44)23-12-14-24(15-13-23)41(45)46/h4-16,25,28-30H,1-3,17H2/b20-16-/t25-,28+,29+,30-/m0/s1. The summed E-state index contributed by atoms with van der Waals surface area (Å²) in [5, 5.41) is 26.3. The van der Waals surface area contributed by atoms with Crippen LogP contribution >= 0.6 is 0 Å². The molecule has 3 aromatic carbocycles. The van der Waals surface area contributed by atoms with Gasteiger partial charge in [0.2, 0.25) is 0 Å². The van der Waals surface area contributed by atoms with Crippen molar-refractivity contribution in [3.63, 3.8) is 0 Å². The molecule has 0 radical (unpaired) electrons. The van der Waals surface area contributed by atoms with E-state index in [1.165, 1.54) is 53.5 Å². The molecule has 4 atom stereocenters. The fourth-order valence-corrected chi connectivity index (χ4v) is 6.50. The number of carbonyl (C=O) groups excluding carboxylic acids is 3. The lowest BCUT2D eigenvalue weighted by atomic mass is 9.77. The number of fused-ring (bicyclic) bond motifs is 2. The Labute approximate surface area is 260 Å². The van der Waals surface area contributed by atoms with Gasteiger partial charge >= 0.3 is 0 Å².